The number of carboxylic acid groups (broad SMARTS) is 1. The Labute approximate surface area is 129 Å². The van der Waals surface area contributed by atoms with Crippen molar-refractivity contribution in [3.8, 4) is 0 Å². The molecule has 0 aliphatic heterocycles. The Morgan fingerprint density at radius 2 is 2.23 bits per heavy atom. The van der Waals surface area contributed by atoms with Gasteiger partial charge in [0.25, 0.3) is 0 Å². The van der Waals surface area contributed by atoms with Crippen LogP contribution in [0.2, 0.25) is 0 Å². The van der Waals surface area contributed by atoms with Crippen LogP contribution in [-0.4, -0.2) is 33.7 Å². The molecule has 3 N–H and O–H groups in total. The van der Waals surface area contributed by atoms with Crippen molar-refractivity contribution < 1.29 is 19.4 Å². The molecule has 1 saturated carbocycles. The summed E-state index contributed by atoms with van der Waals surface area (Å²) in [4.78, 5) is 26.8. The van der Waals surface area contributed by atoms with Gasteiger partial charge in [-0.15, -0.1) is 0 Å². The number of aromatic nitrogens is 1. The van der Waals surface area contributed by atoms with Crippen LogP contribution in [0.4, 0.5) is 0 Å². The van der Waals surface area contributed by atoms with Crippen LogP contribution in [-0.2, 0) is 20.7 Å². The highest BCUT2D eigenvalue weighted by Crippen LogP contribution is 2.43. The van der Waals surface area contributed by atoms with Crippen molar-refractivity contribution in [2.24, 2.45) is 11.7 Å². The Balaban J connectivity index is 1.80. The number of rotatable bonds is 8. The summed E-state index contributed by atoms with van der Waals surface area (Å²) in [6.45, 7) is 1.81. The number of hydrogen-bond acceptors (Lipinski definition) is 5. The summed E-state index contributed by atoms with van der Waals surface area (Å²) in [5.74, 6) is -1.45. The van der Waals surface area contributed by atoms with E-state index in [-0.39, 0.29) is 24.7 Å². The van der Waals surface area contributed by atoms with Crippen molar-refractivity contribution in [3.63, 3.8) is 0 Å². The average molecular weight is 306 g/mol. The molecule has 2 rings (SSSR count). The van der Waals surface area contributed by atoms with Gasteiger partial charge in [0.2, 0.25) is 0 Å². The highest BCUT2D eigenvalue weighted by Gasteiger charge is 2.46. The van der Waals surface area contributed by atoms with Crippen LogP contribution in [0.5, 0.6) is 0 Å². The number of carbonyl (C=O) groups is 2. The van der Waals surface area contributed by atoms with E-state index in [1.165, 1.54) is 0 Å². The summed E-state index contributed by atoms with van der Waals surface area (Å²) < 4.78 is 5.61. The first-order chi connectivity index (χ1) is 10.4. The standard InChI is InChI=1S/C16H22N2O4/c1-11(7-13(17)15(20)21)8-14(19)22-16(4-5-16)9-12-3-2-6-18-10-12/h2-3,6,10-11,13H,4-5,7-9,17H2,1H3,(H,20,21)/t11?,13-/m0/s1. The van der Waals surface area contributed by atoms with E-state index in [4.69, 9.17) is 15.6 Å². The maximum absolute atomic E-state index is 12.0. The molecule has 1 unspecified atom stereocenters. The fraction of sp³-hybridized carbons (Fsp3) is 0.562. The number of carbonyl (C=O) groups excluding carboxylic acids is 1. The van der Waals surface area contributed by atoms with Gasteiger partial charge >= 0.3 is 11.9 Å². The zero-order chi connectivity index (χ0) is 16.2. The lowest BCUT2D eigenvalue weighted by atomic mass is 9.99. The number of nitrogens with two attached hydrogens (primary N) is 1. The largest absolute Gasteiger partial charge is 0.480 e. The molecule has 0 amide bonds. The van der Waals surface area contributed by atoms with Gasteiger partial charge < -0.3 is 15.6 Å². The molecule has 1 heterocycles. The lowest BCUT2D eigenvalue weighted by Gasteiger charge is -2.19. The Bertz CT molecular complexity index is 528. The molecule has 1 fully saturated rings. The molecular weight excluding hydrogens is 284 g/mol. The van der Waals surface area contributed by atoms with Gasteiger partial charge in [0.15, 0.2) is 0 Å². The lowest BCUT2D eigenvalue weighted by Crippen LogP contribution is -2.32. The highest BCUT2D eigenvalue weighted by atomic mass is 16.6. The molecule has 1 aromatic heterocycles. The summed E-state index contributed by atoms with van der Waals surface area (Å²) >= 11 is 0. The molecule has 1 aliphatic rings. The first kappa shape index (κ1) is 16.4. The lowest BCUT2D eigenvalue weighted by molar-refractivity contribution is -0.152. The predicted octanol–water partition coefficient (Wildman–Crippen LogP) is 1.53. The van der Waals surface area contributed by atoms with E-state index < -0.39 is 17.6 Å². The number of nitrogens with zero attached hydrogens (tertiary/aromatic N) is 1. The summed E-state index contributed by atoms with van der Waals surface area (Å²) in [6, 6.07) is 2.89. The number of pyridine rings is 1. The van der Waals surface area contributed by atoms with Crippen LogP contribution in [0, 0.1) is 5.92 Å². The van der Waals surface area contributed by atoms with Crippen molar-refractivity contribution in [3.05, 3.63) is 30.1 Å². The van der Waals surface area contributed by atoms with Gasteiger partial charge in [0.05, 0.1) is 0 Å². The number of ether oxygens (including phenoxy) is 1. The second-order valence-corrected chi connectivity index (χ2v) is 6.18. The third-order valence-corrected chi connectivity index (χ3v) is 3.88. The summed E-state index contributed by atoms with van der Waals surface area (Å²) in [5.41, 5.74) is 6.13. The maximum Gasteiger partial charge on any atom is 0.320 e. The Morgan fingerprint density at radius 3 is 2.77 bits per heavy atom. The van der Waals surface area contributed by atoms with E-state index in [2.05, 4.69) is 4.98 Å². The molecule has 6 nitrogen and oxygen atoms in total. The van der Waals surface area contributed by atoms with Gasteiger partial charge in [0, 0.05) is 25.2 Å². The van der Waals surface area contributed by atoms with Crippen molar-refractivity contribution in [2.75, 3.05) is 0 Å². The summed E-state index contributed by atoms with van der Waals surface area (Å²) in [5, 5.41) is 8.78. The first-order valence-corrected chi connectivity index (χ1v) is 7.49. The fourth-order valence-electron chi connectivity index (χ4n) is 2.51. The fourth-order valence-corrected chi connectivity index (χ4v) is 2.51. The van der Waals surface area contributed by atoms with Crippen LogP contribution in [0.1, 0.15) is 38.2 Å². The molecule has 0 aromatic carbocycles. The van der Waals surface area contributed by atoms with Gasteiger partial charge in [-0.1, -0.05) is 13.0 Å². The summed E-state index contributed by atoms with van der Waals surface area (Å²) in [6.07, 6.45) is 6.34. The molecule has 120 valence electrons. The third-order valence-electron chi connectivity index (χ3n) is 3.88. The smallest absolute Gasteiger partial charge is 0.320 e. The van der Waals surface area contributed by atoms with Crippen molar-refractivity contribution in [1.29, 1.82) is 0 Å². The molecule has 1 aromatic rings. The molecule has 0 bridgehead atoms. The molecule has 22 heavy (non-hydrogen) atoms. The normalized spacial score (nSPS) is 18.3. The van der Waals surface area contributed by atoms with E-state index in [0.717, 1.165) is 18.4 Å². The molecule has 2 atom stereocenters. The minimum absolute atomic E-state index is 0.118. The van der Waals surface area contributed by atoms with Gasteiger partial charge in [-0.3, -0.25) is 14.6 Å². The van der Waals surface area contributed by atoms with Crippen LogP contribution < -0.4 is 5.73 Å². The number of esters is 1. The second kappa shape index (κ2) is 6.87. The van der Waals surface area contributed by atoms with Crippen molar-refractivity contribution in [2.45, 2.75) is 50.7 Å². The molecule has 0 radical (unpaired) electrons. The highest BCUT2D eigenvalue weighted by molar-refractivity contribution is 5.73. The third kappa shape index (κ3) is 4.80. The molecule has 1 aliphatic carbocycles. The van der Waals surface area contributed by atoms with E-state index in [9.17, 15) is 9.59 Å². The SMILES string of the molecule is CC(CC(=O)OC1(Cc2cccnc2)CC1)C[C@H](N)C(=O)O. The van der Waals surface area contributed by atoms with Crippen LogP contribution in [0.3, 0.4) is 0 Å². The van der Waals surface area contributed by atoms with Crippen LogP contribution >= 0.6 is 0 Å². The minimum atomic E-state index is -1.05. The number of hydrogen-bond donors (Lipinski definition) is 2. The van der Waals surface area contributed by atoms with Crippen molar-refractivity contribution in [1.82, 2.24) is 4.98 Å². The van der Waals surface area contributed by atoms with E-state index in [1.807, 2.05) is 19.1 Å². The van der Waals surface area contributed by atoms with Gasteiger partial charge in [0.1, 0.15) is 11.6 Å². The Hall–Kier alpha value is -1.95. The summed E-state index contributed by atoms with van der Waals surface area (Å²) in [7, 11) is 0. The number of carboxylic acids is 1. The van der Waals surface area contributed by atoms with Gasteiger partial charge in [-0.2, -0.15) is 0 Å². The molecule has 0 spiro atoms. The number of aliphatic carboxylic acids is 1. The van der Waals surface area contributed by atoms with Crippen molar-refractivity contribution >= 4 is 11.9 Å². The van der Waals surface area contributed by atoms with Crippen LogP contribution in [0.15, 0.2) is 24.5 Å². The zero-order valence-corrected chi connectivity index (χ0v) is 12.7. The topological polar surface area (TPSA) is 103 Å². The van der Waals surface area contributed by atoms with Gasteiger partial charge in [-0.25, -0.2) is 0 Å². The molecule has 0 saturated heterocycles. The molecule has 6 heteroatoms. The van der Waals surface area contributed by atoms with E-state index in [0.29, 0.717) is 6.42 Å². The van der Waals surface area contributed by atoms with Gasteiger partial charge in [-0.05, 0) is 36.8 Å². The zero-order valence-electron chi connectivity index (χ0n) is 12.7. The molecular formula is C16H22N2O4. The predicted molar refractivity (Wildman–Crippen MR) is 80.0 cm³/mol. The first-order valence-electron chi connectivity index (χ1n) is 7.49. The second-order valence-electron chi connectivity index (χ2n) is 6.18. The maximum atomic E-state index is 12.0. The minimum Gasteiger partial charge on any atom is -0.480 e. The van der Waals surface area contributed by atoms with E-state index in [1.54, 1.807) is 12.4 Å². The quantitative estimate of drug-likeness (QED) is 0.706. The van der Waals surface area contributed by atoms with E-state index >= 15 is 0 Å². The monoisotopic (exact) mass is 306 g/mol. The Kier molecular flexibility index (Phi) is 5.13. The van der Waals surface area contributed by atoms with Crippen LogP contribution in [0.25, 0.3) is 0 Å². The Morgan fingerprint density at radius 1 is 1.50 bits per heavy atom. The average Bonchev–Trinajstić information content (AvgIpc) is 3.18.